The highest BCUT2D eigenvalue weighted by Crippen LogP contribution is 2.24. The molecule has 0 radical (unpaired) electrons. The van der Waals surface area contributed by atoms with Gasteiger partial charge in [-0.05, 0) is 45.1 Å². The third-order valence-corrected chi connectivity index (χ3v) is 3.87. The van der Waals surface area contributed by atoms with Crippen LogP contribution in [0.25, 0.3) is 0 Å². The SMILES string of the molecule is CC1CC(CN)CN1C(=O)N1CCCCC1. The van der Waals surface area contributed by atoms with E-state index < -0.39 is 0 Å². The molecule has 2 unspecified atom stereocenters. The van der Waals surface area contributed by atoms with Crippen molar-refractivity contribution in [1.29, 1.82) is 0 Å². The molecule has 2 amide bonds. The van der Waals surface area contributed by atoms with E-state index in [0.29, 0.717) is 18.5 Å². The highest BCUT2D eigenvalue weighted by molar-refractivity contribution is 5.75. The standard InChI is InChI=1S/C12H23N3O/c1-10-7-11(8-13)9-15(10)12(16)14-5-3-2-4-6-14/h10-11H,2-9,13H2,1H3. The van der Waals surface area contributed by atoms with Gasteiger partial charge in [0.15, 0.2) is 0 Å². The fourth-order valence-electron chi connectivity index (χ4n) is 2.85. The van der Waals surface area contributed by atoms with E-state index in [4.69, 9.17) is 5.73 Å². The molecule has 2 heterocycles. The van der Waals surface area contributed by atoms with Gasteiger partial charge in [-0.2, -0.15) is 0 Å². The molecule has 2 aliphatic rings. The molecule has 16 heavy (non-hydrogen) atoms. The number of hydrogen-bond donors (Lipinski definition) is 1. The second-order valence-corrected chi connectivity index (χ2v) is 5.17. The van der Waals surface area contributed by atoms with Gasteiger partial charge in [0.1, 0.15) is 0 Å². The quantitative estimate of drug-likeness (QED) is 0.730. The molecule has 92 valence electrons. The summed E-state index contributed by atoms with van der Waals surface area (Å²) in [4.78, 5) is 16.3. The van der Waals surface area contributed by atoms with Gasteiger partial charge in [-0.3, -0.25) is 0 Å². The third-order valence-electron chi connectivity index (χ3n) is 3.87. The van der Waals surface area contributed by atoms with Crippen molar-refractivity contribution < 1.29 is 4.79 Å². The molecule has 4 nitrogen and oxygen atoms in total. The zero-order valence-corrected chi connectivity index (χ0v) is 10.2. The molecule has 0 aromatic heterocycles. The molecule has 0 aromatic rings. The van der Waals surface area contributed by atoms with Crippen LogP contribution in [0.4, 0.5) is 4.79 Å². The van der Waals surface area contributed by atoms with Gasteiger partial charge < -0.3 is 15.5 Å². The van der Waals surface area contributed by atoms with Gasteiger partial charge >= 0.3 is 6.03 Å². The molecule has 2 rings (SSSR count). The molecule has 0 saturated carbocycles. The van der Waals surface area contributed by atoms with Gasteiger partial charge in [0.2, 0.25) is 0 Å². The van der Waals surface area contributed by atoms with Crippen LogP contribution in [0, 0.1) is 5.92 Å². The fraction of sp³-hybridized carbons (Fsp3) is 0.917. The van der Waals surface area contributed by atoms with Crippen LogP contribution in [-0.4, -0.2) is 48.1 Å². The zero-order valence-electron chi connectivity index (χ0n) is 10.2. The van der Waals surface area contributed by atoms with Gasteiger partial charge in [0, 0.05) is 25.7 Å². The average Bonchev–Trinajstić information content (AvgIpc) is 2.71. The van der Waals surface area contributed by atoms with Crippen molar-refractivity contribution >= 4 is 6.03 Å². The van der Waals surface area contributed by atoms with Gasteiger partial charge in [0.05, 0.1) is 0 Å². The summed E-state index contributed by atoms with van der Waals surface area (Å²) in [5.74, 6) is 0.503. The molecule has 0 bridgehead atoms. The van der Waals surface area contributed by atoms with Crippen molar-refractivity contribution in [2.24, 2.45) is 11.7 Å². The first-order valence-electron chi connectivity index (χ1n) is 6.48. The van der Waals surface area contributed by atoms with Crippen molar-refractivity contribution in [3.63, 3.8) is 0 Å². The third kappa shape index (κ3) is 2.32. The summed E-state index contributed by atoms with van der Waals surface area (Å²) in [6.07, 6.45) is 4.66. The van der Waals surface area contributed by atoms with Crippen LogP contribution in [0.15, 0.2) is 0 Å². The molecular formula is C12H23N3O. The minimum absolute atomic E-state index is 0.239. The lowest BCUT2D eigenvalue weighted by atomic mass is 10.1. The molecule has 4 heteroatoms. The van der Waals surface area contributed by atoms with Crippen LogP contribution in [0.2, 0.25) is 0 Å². The summed E-state index contributed by atoms with van der Waals surface area (Å²) in [6.45, 7) is 5.57. The lowest BCUT2D eigenvalue weighted by Crippen LogP contribution is -2.46. The number of nitrogens with zero attached hydrogens (tertiary/aromatic N) is 2. The Morgan fingerprint density at radius 1 is 1.31 bits per heavy atom. The Balaban J connectivity index is 1.93. The first kappa shape index (κ1) is 11.7. The zero-order chi connectivity index (χ0) is 11.5. The summed E-state index contributed by atoms with van der Waals surface area (Å²) in [6, 6.07) is 0.603. The van der Waals surface area contributed by atoms with Crippen molar-refractivity contribution in [3.8, 4) is 0 Å². The summed E-state index contributed by atoms with van der Waals surface area (Å²) in [5, 5.41) is 0. The van der Waals surface area contributed by atoms with Crippen LogP contribution in [0.5, 0.6) is 0 Å². The van der Waals surface area contributed by atoms with Crippen LogP contribution in [0.3, 0.4) is 0 Å². The minimum atomic E-state index is 0.239. The second kappa shape index (κ2) is 5.04. The fourth-order valence-corrected chi connectivity index (χ4v) is 2.85. The first-order chi connectivity index (χ1) is 7.72. The topological polar surface area (TPSA) is 49.6 Å². The van der Waals surface area contributed by atoms with E-state index in [0.717, 1.165) is 38.9 Å². The Morgan fingerprint density at radius 2 is 2.00 bits per heavy atom. The molecule has 2 atom stereocenters. The Labute approximate surface area is 97.8 Å². The van der Waals surface area contributed by atoms with Crippen LogP contribution in [0.1, 0.15) is 32.6 Å². The summed E-state index contributed by atoms with van der Waals surface area (Å²) in [5.41, 5.74) is 5.69. The largest absolute Gasteiger partial charge is 0.330 e. The maximum atomic E-state index is 12.3. The van der Waals surface area contributed by atoms with E-state index in [1.165, 1.54) is 6.42 Å². The molecule has 0 aliphatic carbocycles. The Kier molecular flexibility index (Phi) is 3.69. The summed E-state index contributed by atoms with van der Waals surface area (Å²) in [7, 11) is 0. The average molecular weight is 225 g/mol. The van der Waals surface area contributed by atoms with Crippen molar-refractivity contribution in [2.75, 3.05) is 26.2 Å². The predicted molar refractivity (Wildman–Crippen MR) is 64.1 cm³/mol. The predicted octanol–water partition coefficient (Wildman–Crippen LogP) is 1.26. The minimum Gasteiger partial charge on any atom is -0.330 e. The number of nitrogens with two attached hydrogens (primary N) is 1. The Morgan fingerprint density at radius 3 is 2.56 bits per heavy atom. The lowest BCUT2D eigenvalue weighted by molar-refractivity contribution is 0.141. The number of rotatable bonds is 1. The summed E-state index contributed by atoms with van der Waals surface area (Å²) < 4.78 is 0. The molecule has 0 spiro atoms. The second-order valence-electron chi connectivity index (χ2n) is 5.17. The Bertz CT molecular complexity index is 251. The number of urea groups is 1. The smallest absolute Gasteiger partial charge is 0.320 e. The van der Waals surface area contributed by atoms with Crippen LogP contribution < -0.4 is 5.73 Å². The molecule has 2 fully saturated rings. The maximum Gasteiger partial charge on any atom is 0.320 e. The van der Waals surface area contributed by atoms with E-state index in [2.05, 4.69) is 6.92 Å². The van der Waals surface area contributed by atoms with Crippen molar-refractivity contribution in [2.45, 2.75) is 38.6 Å². The highest BCUT2D eigenvalue weighted by atomic mass is 16.2. The number of carbonyl (C=O) groups excluding carboxylic acids is 1. The number of likely N-dealkylation sites (tertiary alicyclic amines) is 2. The number of hydrogen-bond acceptors (Lipinski definition) is 2. The van der Waals surface area contributed by atoms with Gasteiger partial charge in [0.25, 0.3) is 0 Å². The van der Waals surface area contributed by atoms with Gasteiger partial charge in [-0.25, -0.2) is 4.79 Å². The van der Waals surface area contributed by atoms with Gasteiger partial charge in [-0.15, -0.1) is 0 Å². The van der Waals surface area contributed by atoms with E-state index in [-0.39, 0.29) is 6.03 Å². The van der Waals surface area contributed by atoms with E-state index in [1.807, 2.05) is 9.80 Å². The van der Waals surface area contributed by atoms with Crippen molar-refractivity contribution in [3.05, 3.63) is 0 Å². The molecule has 2 N–H and O–H groups in total. The van der Waals surface area contributed by atoms with Crippen LogP contribution >= 0.6 is 0 Å². The van der Waals surface area contributed by atoms with Crippen LogP contribution in [-0.2, 0) is 0 Å². The highest BCUT2D eigenvalue weighted by Gasteiger charge is 2.34. The van der Waals surface area contributed by atoms with E-state index >= 15 is 0 Å². The number of amides is 2. The molecular weight excluding hydrogens is 202 g/mol. The molecule has 2 saturated heterocycles. The number of carbonyl (C=O) groups is 1. The molecule has 0 aromatic carbocycles. The normalized spacial score (nSPS) is 30.9. The van der Waals surface area contributed by atoms with E-state index in [1.54, 1.807) is 0 Å². The monoisotopic (exact) mass is 225 g/mol. The first-order valence-corrected chi connectivity index (χ1v) is 6.48. The van der Waals surface area contributed by atoms with Gasteiger partial charge in [-0.1, -0.05) is 0 Å². The maximum absolute atomic E-state index is 12.3. The molecule has 2 aliphatic heterocycles. The van der Waals surface area contributed by atoms with E-state index in [9.17, 15) is 4.79 Å². The Hall–Kier alpha value is -0.770. The summed E-state index contributed by atoms with van der Waals surface area (Å²) >= 11 is 0. The number of piperidine rings is 1. The lowest BCUT2D eigenvalue weighted by Gasteiger charge is -2.33. The van der Waals surface area contributed by atoms with Crippen molar-refractivity contribution in [1.82, 2.24) is 9.80 Å².